The van der Waals surface area contributed by atoms with E-state index in [2.05, 4.69) is 12.2 Å². The zero-order valence-electron chi connectivity index (χ0n) is 14.8. The van der Waals surface area contributed by atoms with Gasteiger partial charge in [-0.15, -0.1) is 0 Å². The molecule has 2 bridgehead atoms. The van der Waals surface area contributed by atoms with Gasteiger partial charge in [0.1, 0.15) is 0 Å². The van der Waals surface area contributed by atoms with Gasteiger partial charge in [-0.3, -0.25) is 9.59 Å². The summed E-state index contributed by atoms with van der Waals surface area (Å²) in [5, 5.41) is 0. The molecule has 0 N–H and O–H groups in total. The van der Waals surface area contributed by atoms with Gasteiger partial charge < -0.3 is 0 Å². The molecule has 1 saturated heterocycles. The Kier molecular flexibility index (Phi) is 3.13. The van der Waals surface area contributed by atoms with E-state index in [-0.39, 0.29) is 35.5 Å². The number of imide groups is 1. The fraction of sp³-hybridized carbons (Fsp3) is 0.455. The van der Waals surface area contributed by atoms with Crippen LogP contribution in [-0.4, -0.2) is 11.8 Å². The Morgan fingerprint density at radius 1 is 0.920 bits per heavy atom. The third-order valence-electron chi connectivity index (χ3n) is 6.64. The number of anilines is 1. The minimum Gasteiger partial charge on any atom is -0.274 e. The summed E-state index contributed by atoms with van der Waals surface area (Å²) in [7, 11) is 0. The van der Waals surface area contributed by atoms with Gasteiger partial charge in [-0.1, -0.05) is 35.4 Å². The molecule has 1 aromatic rings. The highest BCUT2D eigenvalue weighted by atomic mass is 16.2. The van der Waals surface area contributed by atoms with Gasteiger partial charge in [0.05, 0.1) is 17.5 Å². The molecular weight excluding hydrogens is 310 g/mol. The zero-order valence-corrected chi connectivity index (χ0v) is 14.8. The average molecular weight is 333 g/mol. The van der Waals surface area contributed by atoms with E-state index < -0.39 is 0 Å². The molecule has 1 aliphatic heterocycles. The lowest BCUT2D eigenvalue weighted by atomic mass is 9.85. The Hall–Kier alpha value is -2.16. The molecule has 1 heterocycles. The first-order chi connectivity index (χ1) is 12.1. The molecule has 25 heavy (non-hydrogen) atoms. The third-order valence-corrected chi connectivity index (χ3v) is 6.64. The summed E-state index contributed by atoms with van der Waals surface area (Å²) < 4.78 is 0. The Morgan fingerprint density at radius 2 is 1.52 bits per heavy atom. The molecule has 2 saturated carbocycles. The molecule has 0 aromatic heterocycles. The van der Waals surface area contributed by atoms with Crippen LogP contribution in [0.3, 0.4) is 0 Å². The van der Waals surface area contributed by atoms with Crippen LogP contribution in [0.5, 0.6) is 0 Å². The molecular formula is C22H23NO2. The van der Waals surface area contributed by atoms with Gasteiger partial charge in [-0.2, -0.15) is 0 Å². The van der Waals surface area contributed by atoms with Crippen molar-refractivity contribution in [1.29, 1.82) is 0 Å². The summed E-state index contributed by atoms with van der Waals surface area (Å²) in [5.41, 5.74) is 5.80. The van der Waals surface area contributed by atoms with E-state index in [0.29, 0.717) is 0 Å². The lowest BCUT2D eigenvalue weighted by Crippen LogP contribution is -2.33. The highest BCUT2D eigenvalue weighted by Gasteiger charge is 2.62. The van der Waals surface area contributed by atoms with Crippen LogP contribution in [0.25, 0.3) is 0 Å². The van der Waals surface area contributed by atoms with Crippen molar-refractivity contribution in [3.63, 3.8) is 0 Å². The minimum atomic E-state index is -0.175. The van der Waals surface area contributed by atoms with Crippen molar-refractivity contribution < 1.29 is 9.59 Å². The second-order valence-electron chi connectivity index (χ2n) is 8.06. The van der Waals surface area contributed by atoms with E-state index in [9.17, 15) is 9.59 Å². The number of amides is 2. The third kappa shape index (κ3) is 1.92. The number of hydrogen-bond donors (Lipinski definition) is 0. The number of allylic oxidation sites excluding steroid dienone is 4. The normalized spacial score (nSPS) is 33.1. The van der Waals surface area contributed by atoms with Gasteiger partial charge in [0.25, 0.3) is 0 Å². The Bertz CT molecular complexity index is 821. The summed E-state index contributed by atoms with van der Waals surface area (Å²) in [6, 6.07) is 5.99. The van der Waals surface area contributed by atoms with E-state index in [4.69, 9.17) is 0 Å². The topological polar surface area (TPSA) is 37.4 Å². The maximum atomic E-state index is 13.3. The lowest BCUT2D eigenvalue weighted by molar-refractivity contribution is -0.122. The van der Waals surface area contributed by atoms with Gasteiger partial charge in [-0.25, -0.2) is 4.90 Å². The maximum absolute atomic E-state index is 13.3. The number of carbonyl (C=O) groups is 2. The Balaban J connectivity index is 1.57. The van der Waals surface area contributed by atoms with Gasteiger partial charge in [0.2, 0.25) is 11.8 Å². The van der Waals surface area contributed by atoms with Crippen LogP contribution in [0.4, 0.5) is 5.69 Å². The lowest BCUT2D eigenvalue weighted by Gasteiger charge is -2.21. The van der Waals surface area contributed by atoms with Crippen LogP contribution in [0.15, 0.2) is 41.5 Å². The van der Waals surface area contributed by atoms with Crippen molar-refractivity contribution in [2.24, 2.45) is 23.7 Å². The molecule has 3 nitrogen and oxygen atoms in total. The molecule has 3 aliphatic carbocycles. The highest BCUT2D eigenvalue weighted by Crippen LogP contribution is 2.58. The number of fused-ring (bicyclic) bond motifs is 5. The molecule has 0 unspecified atom stereocenters. The quantitative estimate of drug-likeness (QED) is 0.573. The SMILES string of the molecule is Cc1ccc(C)c(N2C(=O)[C@@H]3[C@@H](C2=O)[C@H]2C=C[C@H]3C2=C2CCCC2)c1. The zero-order chi connectivity index (χ0) is 17.3. The number of nitrogens with zero attached hydrogens (tertiary/aromatic N) is 1. The van der Waals surface area contributed by atoms with Gasteiger partial charge in [0.15, 0.2) is 0 Å². The van der Waals surface area contributed by atoms with Crippen molar-refractivity contribution in [3.8, 4) is 0 Å². The van der Waals surface area contributed by atoms with Crippen LogP contribution < -0.4 is 4.90 Å². The van der Waals surface area contributed by atoms with Gasteiger partial charge in [-0.05, 0) is 56.7 Å². The van der Waals surface area contributed by atoms with Crippen LogP contribution in [0, 0.1) is 37.5 Å². The molecule has 5 rings (SSSR count). The van der Waals surface area contributed by atoms with Crippen molar-refractivity contribution in [2.45, 2.75) is 39.5 Å². The van der Waals surface area contributed by atoms with E-state index in [0.717, 1.165) is 29.7 Å². The van der Waals surface area contributed by atoms with Crippen LogP contribution in [0.1, 0.15) is 36.8 Å². The fourth-order valence-corrected chi connectivity index (χ4v) is 5.52. The summed E-state index contributed by atoms with van der Waals surface area (Å²) in [6.07, 6.45) is 9.22. The number of benzene rings is 1. The first kappa shape index (κ1) is 15.1. The van der Waals surface area contributed by atoms with Crippen molar-refractivity contribution in [3.05, 3.63) is 52.6 Å². The monoisotopic (exact) mass is 333 g/mol. The molecule has 4 atom stereocenters. The Morgan fingerprint density at radius 3 is 2.12 bits per heavy atom. The standard InChI is InChI=1S/C22H23NO2/c1-12-7-8-13(2)17(11-12)23-21(24)19-15-9-10-16(20(19)22(23)25)18(15)14-5-3-4-6-14/h7-11,15-16,19-20H,3-6H2,1-2H3/t15-,16-,19-,20-/m0/s1. The van der Waals surface area contributed by atoms with E-state index >= 15 is 0 Å². The van der Waals surface area contributed by atoms with E-state index in [1.807, 2.05) is 32.0 Å². The molecule has 3 heteroatoms. The van der Waals surface area contributed by atoms with Gasteiger partial charge >= 0.3 is 0 Å². The first-order valence-electron chi connectivity index (χ1n) is 9.43. The molecule has 1 aromatic carbocycles. The van der Waals surface area contributed by atoms with Crippen LogP contribution >= 0.6 is 0 Å². The molecule has 2 amide bonds. The highest BCUT2D eigenvalue weighted by molar-refractivity contribution is 6.23. The molecule has 128 valence electrons. The predicted octanol–water partition coefficient (Wildman–Crippen LogP) is 4.10. The van der Waals surface area contributed by atoms with Crippen LogP contribution in [0.2, 0.25) is 0 Å². The summed E-state index contributed by atoms with van der Waals surface area (Å²) >= 11 is 0. The van der Waals surface area contributed by atoms with E-state index in [1.54, 1.807) is 0 Å². The van der Waals surface area contributed by atoms with Crippen molar-refractivity contribution in [2.75, 3.05) is 4.90 Å². The van der Waals surface area contributed by atoms with Crippen molar-refractivity contribution in [1.82, 2.24) is 0 Å². The molecule has 0 radical (unpaired) electrons. The van der Waals surface area contributed by atoms with E-state index in [1.165, 1.54) is 28.9 Å². The largest absolute Gasteiger partial charge is 0.274 e. The molecule has 0 spiro atoms. The average Bonchev–Trinajstić information content (AvgIpc) is 3.33. The van der Waals surface area contributed by atoms with Crippen molar-refractivity contribution >= 4 is 17.5 Å². The van der Waals surface area contributed by atoms with Crippen LogP contribution in [-0.2, 0) is 9.59 Å². The second kappa shape index (κ2) is 5.17. The smallest absolute Gasteiger partial charge is 0.238 e. The van der Waals surface area contributed by atoms with Gasteiger partial charge in [0, 0.05) is 11.8 Å². The minimum absolute atomic E-state index is 0.0108. The second-order valence-corrected chi connectivity index (χ2v) is 8.06. The summed E-state index contributed by atoms with van der Waals surface area (Å²) in [5.74, 6) is -0.00588. The number of rotatable bonds is 1. The number of carbonyl (C=O) groups excluding carboxylic acids is 2. The Labute approximate surface area is 148 Å². The first-order valence-corrected chi connectivity index (χ1v) is 9.43. The fourth-order valence-electron chi connectivity index (χ4n) is 5.52. The summed E-state index contributed by atoms with van der Waals surface area (Å²) in [4.78, 5) is 28.0. The maximum Gasteiger partial charge on any atom is 0.238 e. The molecule has 4 aliphatic rings. The summed E-state index contributed by atoms with van der Waals surface area (Å²) in [6.45, 7) is 3.98. The number of aryl methyl sites for hydroxylation is 2. The number of hydrogen-bond acceptors (Lipinski definition) is 2. The molecule has 3 fully saturated rings. The predicted molar refractivity (Wildman–Crippen MR) is 97.0 cm³/mol.